The van der Waals surface area contributed by atoms with Gasteiger partial charge in [-0.05, 0) is 37.8 Å². The smallest absolute Gasteiger partial charge is 0.000692 e. The van der Waals surface area contributed by atoms with Gasteiger partial charge in [-0.15, -0.1) is 0 Å². The summed E-state index contributed by atoms with van der Waals surface area (Å²) in [5.41, 5.74) is 0. The molecule has 1 unspecified atom stereocenters. The number of nitrogens with zero attached hydrogens (tertiary/aromatic N) is 1. The zero-order valence-electron chi connectivity index (χ0n) is 8.84. The molecule has 0 radical (unpaired) electrons. The Hall–Kier alpha value is -0.0400. The molecule has 0 aromatic heterocycles. The molecule has 0 aromatic rings. The molecule has 1 rings (SSSR count). The van der Waals surface area contributed by atoms with Gasteiger partial charge in [0.05, 0.1) is 0 Å². The molecular weight excluding hydrogens is 146 g/mol. The predicted molar refractivity (Wildman–Crippen MR) is 54.3 cm³/mol. The Labute approximate surface area is 77.1 Å². The molecule has 1 fully saturated rings. The molecule has 0 aliphatic carbocycles. The van der Waals surface area contributed by atoms with Crippen molar-refractivity contribution in [3.63, 3.8) is 0 Å². The topological polar surface area (TPSA) is 3.24 Å². The number of rotatable bonds is 3. The highest BCUT2D eigenvalue weighted by molar-refractivity contribution is 4.70. The van der Waals surface area contributed by atoms with E-state index in [9.17, 15) is 0 Å². The van der Waals surface area contributed by atoms with Gasteiger partial charge >= 0.3 is 0 Å². The molecule has 0 amide bonds. The van der Waals surface area contributed by atoms with Gasteiger partial charge < -0.3 is 4.90 Å². The third kappa shape index (κ3) is 3.14. The van der Waals surface area contributed by atoms with E-state index >= 15 is 0 Å². The quantitative estimate of drug-likeness (QED) is 0.628. The van der Waals surface area contributed by atoms with E-state index in [4.69, 9.17) is 0 Å². The second kappa shape index (κ2) is 4.86. The third-order valence-electron chi connectivity index (χ3n) is 3.14. The minimum atomic E-state index is 0.887. The molecule has 1 aliphatic rings. The number of hydrogen-bond acceptors (Lipinski definition) is 1. The molecule has 1 saturated heterocycles. The van der Waals surface area contributed by atoms with Crippen molar-refractivity contribution in [1.29, 1.82) is 0 Å². The van der Waals surface area contributed by atoms with E-state index in [2.05, 4.69) is 25.7 Å². The fourth-order valence-corrected chi connectivity index (χ4v) is 1.81. The standard InChI is InChI=1S/C11H23N/c1-4-10(2)9-12-7-5-11(3)6-8-12/h10-11H,4-9H2,1-3H3. The van der Waals surface area contributed by atoms with Gasteiger partial charge in [0.2, 0.25) is 0 Å². The first-order chi connectivity index (χ1) is 5.72. The predicted octanol–water partition coefficient (Wildman–Crippen LogP) is 2.76. The van der Waals surface area contributed by atoms with Crippen LogP contribution < -0.4 is 0 Å². The Kier molecular flexibility index (Phi) is 4.07. The van der Waals surface area contributed by atoms with Gasteiger partial charge in [0, 0.05) is 6.54 Å². The van der Waals surface area contributed by atoms with E-state index in [1.807, 2.05) is 0 Å². The van der Waals surface area contributed by atoms with Gasteiger partial charge in [-0.25, -0.2) is 0 Å². The summed E-state index contributed by atoms with van der Waals surface area (Å²) in [5, 5.41) is 0. The highest BCUT2D eigenvalue weighted by atomic mass is 15.1. The van der Waals surface area contributed by atoms with Gasteiger partial charge in [-0.2, -0.15) is 0 Å². The first-order valence-corrected chi connectivity index (χ1v) is 5.44. The minimum absolute atomic E-state index is 0.887. The van der Waals surface area contributed by atoms with E-state index < -0.39 is 0 Å². The van der Waals surface area contributed by atoms with Crippen molar-refractivity contribution in [2.24, 2.45) is 11.8 Å². The average Bonchev–Trinajstić information content (AvgIpc) is 2.09. The van der Waals surface area contributed by atoms with Crippen LogP contribution in [0.3, 0.4) is 0 Å². The number of piperidine rings is 1. The molecule has 1 heterocycles. The van der Waals surface area contributed by atoms with Crippen molar-refractivity contribution in [3.05, 3.63) is 0 Å². The highest BCUT2D eigenvalue weighted by Crippen LogP contribution is 2.17. The second-order valence-corrected chi connectivity index (χ2v) is 4.50. The summed E-state index contributed by atoms with van der Waals surface area (Å²) in [6.45, 7) is 11.0. The van der Waals surface area contributed by atoms with Crippen LogP contribution in [-0.2, 0) is 0 Å². The normalized spacial score (nSPS) is 24.2. The van der Waals surface area contributed by atoms with Crippen molar-refractivity contribution >= 4 is 0 Å². The SMILES string of the molecule is CCC(C)CN1CCC(C)CC1. The molecule has 0 N–H and O–H groups in total. The lowest BCUT2D eigenvalue weighted by Gasteiger charge is -2.31. The van der Waals surface area contributed by atoms with Crippen LogP contribution in [0, 0.1) is 11.8 Å². The van der Waals surface area contributed by atoms with Crippen LogP contribution in [0.2, 0.25) is 0 Å². The van der Waals surface area contributed by atoms with Crippen LogP contribution in [0.25, 0.3) is 0 Å². The number of likely N-dealkylation sites (tertiary alicyclic amines) is 1. The molecule has 1 aliphatic heterocycles. The van der Waals surface area contributed by atoms with Gasteiger partial charge in [0.25, 0.3) is 0 Å². The Morgan fingerprint density at radius 1 is 1.33 bits per heavy atom. The summed E-state index contributed by atoms with van der Waals surface area (Å²) >= 11 is 0. The minimum Gasteiger partial charge on any atom is -0.303 e. The molecule has 1 nitrogen and oxygen atoms in total. The van der Waals surface area contributed by atoms with Crippen LogP contribution in [-0.4, -0.2) is 24.5 Å². The average molecular weight is 169 g/mol. The Morgan fingerprint density at radius 3 is 2.42 bits per heavy atom. The summed E-state index contributed by atoms with van der Waals surface area (Å²) in [4.78, 5) is 2.63. The summed E-state index contributed by atoms with van der Waals surface area (Å²) in [7, 11) is 0. The fourth-order valence-electron chi connectivity index (χ4n) is 1.81. The second-order valence-electron chi connectivity index (χ2n) is 4.50. The van der Waals surface area contributed by atoms with E-state index in [1.165, 1.54) is 38.9 Å². The number of hydrogen-bond donors (Lipinski definition) is 0. The largest absolute Gasteiger partial charge is 0.303 e. The van der Waals surface area contributed by atoms with E-state index in [-0.39, 0.29) is 0 Å². The van der Waals surface area contributed by atoms with Crippen molar-refractivity contribution in [3.8, 4) is 0 Å². The lowest BCUT2D eigenvalue weighted by atomic mass is 9.98. The molecule has 1 heteroatoms. The van der Waals surface area contributed by atoms with E-state index in [0.717, 1.165) is 11.8 Å². The maximum Gasteiger partial charge on any atom is 0.000692 e. The first kappa shape index (κ1) is 10.0. The van der Waals surface area contributed by atoms with Gasteiger partial charge in [-0.3, -0.25) is 0 Å². The molecule has 1 atom stereocenters. The van der Waals surface area contributed by atoms with Crippen molar-refractivity contribution in [2.75, 3.05) is 19.6 Å². The Bertz CT molecular complexity index is 114. The van der Waals surface area contributed by atoms with E-state index in [1.54, 1.807) is 0 Å². The molecule has 0 bridgehead atoms. The molecule has 0 saturated carbocycles. The molecule has 72 valence electrons. The molecule has 0 aromatic carbocycles. The first-order valence-electron chi connectivity index (χ1n) is 5.44. The molecular formula is C11H23N. The zero-order chi connectivity index (χ0) is 8.97. The molecule has 0 spiro atoms. The van der Waals surface area contributed by atoms with Crippen molar-refractivity contribution in [1.82, 2.24) is 4.90 Å². The lowest BCUT2D eigenvalue weighted by molar-refractivity contribution is 0.169. The van der Waals surface area contributed by atoms with E-state index in [0.29, 0.717) is 0 Å². The van der Waals surface area contributed by atoms with Crippen molar-refractivity contribution < 1.29 is 0 Å². The Balaban J connectivity index is 2.17. The zero-order valence-corrected chi connectivity index (χ0v) is 8.84. The van der Waals surface area contributed by atoms with Crippen molar-refractivity contribution in [2.45, 2.75) is 40.0 Å². The van der Waals surface area contributed by atoms with Crippen LogP contribution >= 0.6 is 0 Å². The molecule has 12 heavy (non-hydrogen) atoms. The van der Waals surface area contributed by atoms with Gasteiger partial charge in [-0.1, -0.05) is 27.2 Å². The van der Waals surface area contributed by atoms with Crippen LogP contribution in [0.4, 0.5) is 0 Å². The maximum atomic E-state index is 2.63. The van der Waals surface area contributed by atoms with Crippen LogP contribution in [0.1, 0.15) is 40.0 Å². The monoisotopic (exact) mass is 169 g/mol. The van der Waals surface area contributed by atoms with Gasteiger partial charge in [0.1, 0.15) is 0 Å². The van der Waals surface area contributed by atoms with Gasteiger partial charge in [0.15, 0.2) is 0 Å². The van der Waals surface area contributed by atoms with Crippen LogP contribution in [0.5, 0.6) is 0 Å². The summed E-state index contributed by atoms with van der Waals surface area (Å²) in [6.07, 6.45) is 4.15. The highest BCUT2D eigenvalue weighted by Gasteiger charge is 2.16. The maximum absolute atomic E-state index is 2.63. The van der Waals surface area contributed by atoms with Crippen LogP contribution in [0.15, 0.2) is 0 Å². The summed E-state index contributed by atoms with van der Waals surface area (Å²) < 4.78 is 0. The summed E-state index contributed by atoms with van der Waals surface area (Å²) in [6, 6.07) is 0. The third-order valence-corrected chi connectivity index (χ3v) is 3.14. The summed E-state index contributed by atoms with van der Waals surface area (Å²) in [5.74, 6) is 1.86. The lowest BCUT2D eigenvalue weighted by Crippen LogP contribution is -2.35. The fraction of sp³-hybridized carbons (Fsp3) is 1.00. The Morgan fingerprint density at radius 2 is 1.92 bits per heavy atom.